The summed E-state index contributed by atoms with van der Waals surface area (Å²) < 4.78 is 15.0. The van der Waals surface area contributed by atoms with Gasteiger partial charge in [0.05, 0.1) is 17.6 Å². The van der Waals surface area contributed by atoms with E-state index < -0.39 is 11.4 Å². The van der Waals surface area contributed by atoms with Crippen LogP contribution in [0.25, 0.3) is 5.52 Å². The lowest BCUT2D eigenvalue weighted by molar-refractivity contribution is -0.124. The van der Waals surface area contributed by atoms with Gasteiger partial charge in [0.25, 0.3) is 5.56 Å². The van der Waals surface area contributed by atoms with Crippen LogP contribution in [0.5, 0.6) is 0 Å². The number of pyridine rings is 1. The molecule has 0 radical (unpaired) electrons. The lowest BCUT2D eigenvalue weighted by atomic mass is 10.2. The van der Waals surface area contributed by atoms with Gasteiger partial charge in [-0.05, 0) is 6.07 Å². The average Bonchev–Trinajstić information content (AvgIpc) is 2.76. The summed E-state index contributed by atoms with van der Waals surface area (Å²) in [4.78, 5) is 23.3. The summed E-state index contributed by atoms with van der Waals surface area (Å²) in [6.07, 6.45) is 1.55. The van der Waals surface area contributed by atoms with Gasteiger partial charge in [0, 0.05) is 18.2 Å². The van der Waals surface area contributed by atoms with E-state index in [4.69, 9.17) is 0 Å². The van der Waals surface area contributed by atoms with E-state index in [-0.39, 0.29) is 23.9 Å². The van der Waals surface area contributed by atoms with E-state index in [0.29, 0.717) is 5.52 Å². The fourth-order valence-corrected chi connectivity index (χ4v) is 1.63. The van der Waals surface area contributed by atoms with Crippen molar-refractivity contribution in [1.82, 2.24) is 14.9 Å². The maximum absolute atomic E-state index is 13.7. The Morgan fingerprint density at radius 3 is 2.94 bits per heavy atom. The van der Waals surface area contributed by atoms with E-state index >= 15 is 0 Å². The normalized spacial score (nSPS) is 11.1. The minimum atomic E-state index is -0.608. The van der Waals surface area contributed by atoms with Crippen molar-refractivity contribution in [3.8, 4) is 0 Å². The molecule has 2 rings (SSSR count). The van der Waals surface area contributed by atoms with Crippen LogP contribution in [0.15, 0.2) is 23.1 Å². The standard InChI is InChI=1S/C12H14FN3O2/c1-7(2)11(17)14-6-9-10(13)5-8-3-4-15-16(8)12(9)18/h3-5,7,15H,6H2,1-2H3,(H,14,17). The fraction of sp³-hybridized carbons (Fsp3) is 0.333. The molecular formula is C12H14FN3O2. The molecule has 0 spiro atoms. The highest BCUT2D eigenvalue weighted by molar-refractivity contribution is 5.77. The second-order valence-corrected chi connectivity index (χ2v) is 4.37. The van der Waals surface area contributed by atoms with E-state index in [2.05, 4.69) is 10.4 Å². The minimum absolute atomic E-state index is 0.0519. The van der Waals surface area contributed by atoms with Gasteiger partial charge in [0.1, 0.15) is 5.82 Å². The van der Waals surface area contributed by atoms with E-state index in [9.17, 15) is 14.0 Å². The first-order chi connectivity index (χ1) is 8.50. The maximum atomic E-state index is 13.7. The summed E-state index contributed by atoms with van der Waals surface area (Å²) in [5, 5.41) is 5.22. The van der Waals surface area contributed by atoms with Gasteiger partial charge in [-0.1, -0.05) is 13.8 Å². The number of nitrogens with one attached hydrogen (secondary N) is 2. The van der Waals surface area contributed by atoms with Crippen LogP contribution in [0.1, 0.15) is 19.4 Å². The molecule has 1 amide bonds. The highest BCUT2D eigenvalue weighted by Crippen LogP contribution is 2.07. The fourth-order valence-electron chi connectivity index (χ4n) is 1.63. The molecule has 0 atom stereocenters. The minimum Gasteiger partial charge on any atom is -0.351 e. The molecule has 2 N–H and O–H groups in total. The SMILES string of the molecule is CC(C)C(=O)NCc1c(F)cc2cc[nH]n2c1=O. The quantitative estimate of drug-likeness (QED) is 0.856. The van der Waals surface area contributed by atoms with Crippen molar-refractivity contribution in [3.05, 3.63) is 40.1 Å². The van der Waals surface area contributed by atoms with Crippen molar-refractivity contribution in [2.24, 2.45) is 5.92 Å². The van der Waals surface area contributed by atoms with Crippen LogP contribution in [-0.2, 0) is 11.3 Å². The summed E-state index contributed by atoms with van der Waals surface area (Å²) >= 11 is 0. The molecule has 0 aliphatic carbocycles. The number of rotatable bonds is 3. The second-order valence-electron chi connectivity index (χ2n) is 4.37. The summed E-state index contributed by atoms with van der Waals surface area (Å²) in [5.74, 6) is -1.03. The zero-order valence-electron chi connectivity index (χ0n) is 10.2. The molecule has 96 valence electrons. The molecule has 0 saturated heterocycles. The predicted octanol–water partition coefficient (Wildman–Crippen LogP) is 1.04. The molecule has 0 fully saturated rings. The van der Waals surface area contributed by atoms with Crippen LogP contribution in [0.2, 0.25) is 0 Å². The summed E-state index contributed by atoms with van der Waals surface area (Å²) in [5.41, 5.74) is -0.0838. The van der Waals surface area contributed by atoms with E-state index in [1.807, 2.05) is 0 Å². The first-order valence-corrected chi connectivity index (χ1v) is 5.66. The van der Waals surface area contributed by atoms with Crippen molar-refractivity contribution < 1.29 is 9.18 Å². The third kappa shape index (κ3) is 2.13. The molecule has 18 heavy (non-hydrogen) atoms. The third-order valence-corrected chi connectivity index (χ3v) is 2.70. The molecule has 2 heterocycles. The molecule has 0 bridgehead atoms. The van der Waals surface area contributed by atoms with Crippen molar-refractivity contribution in [1.29, 1.82) is 0 Å². The van der Waals surface area contributed by atoms with Crippen molar-refractivity contribution in [3.63, 3.8) is 0 Å². The number of aromatic nitrogens is 2. The number of H-pyrrole nitrogens is 1. The topological polar surface area (TPSA) is 66.4 Å². The van der Waals surface area contributed by atoms with Crippen LogP contribution >= 0.6 is 0 Å². The van der Waals surface area contributed by atoms with Crippen LogP contribution < -0.4 is 10.9 Å². The highest BCUT2D eigenvalue weighted by Gasteiger charge is 2.13. The monoisotopic (exact) mass is 251 g/mol. The van der Waals surface area contributed by atoms with E-state index in [1.54, 1.807) is 26.1 Å². The number of halogens is 1. The molecule has 0 aromatic carbocycles. The Kier molecular flexibility index (Phi) is 3.18. The van der Waals surface area contributed by atoms with Gasteiger partial charge in [-0.2, -0.15) is 0 Å². The number of carbonyl (C=O) groups excluding carboxylic acids is 1. The Morgan fingerprint density at radius 1 is 1.56 bits per heavy atom. The largest absolute Gasteiger partial charge is 0.351 e. The number of amides is 1. The average molecular weight is 251 g/mol. The first-order valence-electron chi connectivity index (χ1n) is 5.66. The number of nitrogens with zero attached hydrogens (tertiary/aromatic N) is 1. The Bertz CT molecular complexity index is 642. The Balaban J connectivity index is 2.33. The maximum Gasteiger partial charge on any atom is 0.277 e. The van der Waals surface area contributed by atoms with Crippen molar-refractivity contribution in [2.75, 3.05) is 0 Å². The molecule has 6 heteroatoms. The van der Waals surface area contributed by atoms with Gasteiger partial charge in [-0.3, -0.25) is 14.7 Å². The molecule has 0 aliphatic rings. The molecule has 0 unspecified atom stereocenters. The van der Waals surface area contributed by atoms with E-state index in [1.165, 1.54) is 10.6 Å². The smallest absolute Gasteiger partial charge is 0.277 e. The molecule has 0 saturated carbocycles. The molecule has 0 aliphatic heterocycles. The molecular weight excluding hydrogens is 237 g/mol. The first kappa shape index (κ1) is 12.3. The number of hydrogen-bond donors (Lipinski definition) is 2. The summed E-state index contributed by atoms with van der Waals surface area (Å²) in [7, 11) is 0. The molecule has 2 aromatic rings. The lowest BCUT2D eigenvalue weighted by Gasteiger charge is -2.08. The number of fused-ring (bicyclic) bond motifs is 1. The third-order valence-electron chi connectivity index (χ3n) is 2.70. The van der Waals surface area contributed by atoms with Gasteiger partial charge >= 0.3 is 0 Å². The summed E-state index contributed by atoms with van der Waals surface area (Å²) in [6.45, 7) is 3.35. The number of aromatic amines is 1. The van der Waals surface area contributed by atoms with Gasteiger partial charge in [0.2, 0.25) is 5.91 Å². The van der Waals surface area contributed by atoms with Gasteiger partial charge < -0.3 is 5.32 Å². The molecule has 5 nitrogen and oxygen atoms in total. The highest BCUT2D eigenvalue weighted by atomic mass is 19.1. The van der Waals surface area contributed by atoms with E-state index in [0.717, 1.165) is 0 Å². The van der Waals surface area contributed by atoms with Crippen molar-refractivity contribution in [2.45, 2.75) is 20.4 Å². The van der Waals surface area contributed by atoms with Crippen LogP contribution in [0.3, 0.4) is 0 Å². The zero-order valence-corrected chi connectivity index (χ0v) is 10.2. The van der Waals surface area contributed by atoms with Crippen LogP contribution in [-0.4, -0.2) is 15.5 Å². The van der Waals surface area contributed by atoms with Crippen LogP contribution in [0.4, 0.5) is 4.39 Å². The number of hydrogen-bond acceptors (Lipinski definition) is 2. The predicted molar refractivity (Wildman–Crippen MR) is 64.7 cm³/mol. The number of carbonyl (C=O) groups is 1. The zero-order chi connectivity index (χ0) is 13.3. The second kappa shape index (κ2) is 4.64. The van der Waals surface area contributed by atoms with Gasteiger partial charge in [-0.25, -0.2) is 8.91 Å². The van der Waals surface area contributed by atoms with Crippen LogP contribution in [0, 0.1) is 11.7 Å². The van der Waals surface area contributed by atoms with Gasteiger partial charge in [0.15, 0.2) is 0 Å². The van der Waals surface area contributed by atoms with Crippen molar-refractivity contribution >= 4 is 11.4 Å². The molecule has 2 aromatic heterocycles. The Morgan fingerprint density at radius 2 is 2.28 bits per heavy atom. The Labute approximate surface area is 103 Å². The Hall–Kier alpha value is -2.11. The summed E-state index contributed by atoms with van der Waals surface area (Å²) in [6, 6.07) is 2.86. The lowest BCUT2D eigenvalue weighted by Crippen LogP contribution is -2.31. The van der Waals surface area contributed by atoms with Gasteiger partial charge in [-0.15, -0.1) is 0 Å².